The molecule has 2 heterocycles. The van der Waals surface area contributed by atoms with Gasteiger partial charge in [-0.25, -0.2) is 4.98 Å². The SMILES string of the molecule is CN(C)c1ccc(/C=C(/C#N)c2nc(-c3ccc4c(c3)OCO4)cs2)cc1. The van der Waals surface area contributed by atoms with Crippen molar-refractivity contribution in [1.82, 2.24) is 4.98 Å². The van der Waals surface area contributed by atoms with Gasteiger partial charge in [0.15, 0.2) is 11.5 Å². The number of hydrogen-bond donors (Lipinski definition) is 0. The van der Waals surface area contributed by atoms with Gasteiger partial charge < -0.3 is 14.4 Å². The quantitative estimate of drug-likeness (QED) is 0.620. The number of rotatable bonds is 4. The Hall–Kier alpha value is -3.30. The van der Waals surface area contributed by atoms with E-state index in [1.165, 1.54) is 11.3 Å². The molecule has 0 radical (unpaired) electrons. The van der Waals surface area contributed by atoms with E-state index in [0.717, 1.165) is 34.0 Å². The standard InChI is InChI=1S/C21H17N3O2S/c1-24(2)17-6-3-14(4-7-17)9-16(11-22)21-23-18(12-27-21)15-5-8-19-20(10-15)26-13-25-19/h3-10,12H,13H2,1-2H3/b16-9-. The van der Waals surface area contributed by atoms with E-state index in [0.29, 0.717) is 10.6 Å². The van der Waals surface area contributed by atoms with E-state index in [-0.39, 0.29) is 6.79 Å². The van der Waals surface area contributed by atoms with Crippen molar-refractivity contribution in [2.45, 2.75) is 0 Å². The van der Waals surface area contributed by atoms with Crippen molar-refractivity contribution in [3.8, 4) is 28.8 Å². The molecule has 0 saturated heterocycles. The number of benzene rings is 2. The van der Waals surface area contributed by atoms with Gasteiger partial charge in [-0.05, 0) is 42.0 Å². The second kappa shape index (κ2) is 7.14. The topological polar surface area (TPSA) is 58.4 Å². The molecule has 27 heavy (non-hydrogen) atoms. The third kappa shape index (κ3) is 3.50. The number of ether oxygens (including phenoxy) is 2. The van der Waals surface area contributed by atoms with Crippen molar-refractivity contribution in [1.29, 1.82) is 5.26 Å². The molecule has 3 aromatic rings. The summed E-state index contributed by atoms with van der Waals surface area (Å²) < 4.78 is 10.8. The van der Waals surface area contributed by atoms with Gasteiger partial charge in [0.25, 0.3) is 0 Å². The van der Waals surface area contributed by atoms with Gasteiger partial charge in [-0.2, -0.15) is 5.26 Å². The molecule has 0 saturated carbocycles. The van der Waals surface area contributed by atoms with Crippen molar-refractivity contribution in [3.63, 3.8) is 0 Å². The lowest BCUT2D eigenvalue weighted by molar-refractivity contribution is 0.174. The van der Waals surface area contributed by atoms with Crippen LogP contribution in [0.5, 0.6) is 11.5 Å². The zero-order valence-corrected chi connectivity index (χ0v) is 15.8. The summed E-state index contributed by atoms with van der Waals surface area (Å²) in [6, 6.07) is 16.1. The average Bonchev–Trinajstić information content (AvgIpc) is 3.35. The zero-order valence-electron chi connectivity index (χ0n) is 15.0. The molecule has 6 heteroatoms. The fraction of sp³-hybridized carbons (Fsp3) is 0.143. The Morgan fingerprint density at radius 3 is 2.67 bits per heavy atom. The van der Waals surface area contributed by atoms with Crippen molar-refractivity contribution < 1.29 is 9.47 Å². The molecule has 5 nitrogen and oxygen atoms in total. The number of fused-ring (bicyclic) bond motifs is 1. The number of allylic oxidation sites excluding steroid dienone is 1. The maximum Gasteiger partial charge on any atom is 0.231 e. The second-order valence-electron chi connectivity index (χ2n) is 6.26. The molecular formula is C21H17N3O2S. The number of nitrogens with zero attached hydrogens (tertiary/aromatic N) is 3. The van der Waals surface area contributed by atoms with Crippen LogP contribution >= 0.6 is 11.3 Å². The molecule has 0 amide bonds. The highest BCUT2D eigenvalue weighted by atomic mass is 32.1. The summed E-state index contributed by atoms with van der Waals surface area (Å²) in [6.45, 7) is 0.245. The molecule has 0 aliphatic carbocycles. The molecule has 134 valence electrons. The van der Waals surface area contributed by atoms with Gasteiger partial charge in [-0.1, -0.05) is 12.1 Å². The maximum absolute atomic E-state index is 9.59. The van der Waals surface area contributed by atoms with E-state index < -0.39 is 0 Å². The molecule has 0 spiro atoms. The summed E-state index contributed by atoms with van der Waals surface area (Å²) in [7, 11) is 4.00. The Kier molecular flexibility index (Phi) is 4.53. The molecular weight excluding hydrogens is 358 g/mol. The van der Waals surface area contributed by atoms with Crippen molar-refractivity contribution in [3.05, 3.63) is 58.4 Å². The van der Waals surface area contributed by atoms with E-state index in [1.54, 1.807) is 0 Å². The molecule has 1 aliphatic heterocycles. The maximum atomic E-state index is 9.59. The molecule has 0 N–H and O–H groups in total. The normalized spacial score (nSPS) is 12.7. The van der Waals surface area contributed by atoms with Crippen LogP contribution in [0.15, 0.2) is 47.8 Å². The third-order valence-electron chi connectivity index (χ3n) is 4.24. The summed E-state index contributed by atoms with van der Waals surface area (Å²) in [6.07, 6.45) is 1.86. The lowest BCUT2D eigenvalue weighted by Crippen LogP contribution is -2.07. The molecule has 0 bridgehead atoms. The monoisotopic (exact) mass is 375 g/mol. The molecule has 0 atom stereocenters. The predicted octanol–water partition coefficient (Wildman–Crippen LogP) is 4.67. The molecule has 4 rings (SSSR count). The van der Waals surface area contributed by atoms with Gasteiger partial charge in [0.2, 0.25) is 6.79 Å². The zero-order chi connectivity index (χ0) is 18.8. The third-order valence-corrected chi connectivity index (χ3v) is 5.12. The smallest absolute Gasteiger partial charge is 0.231 e. The minimum Gasteiger partial charge on any atom is -0.454 e. The van der Waals surface area contributed by atoms with Crippen LogP contribution in [0.3, 0.4) is 0 Å². The van der Waals surface area contributed by atoms with E-state index in [4.69, 9.17) is 9.47 Å². The van der Waals surface area contributed by atoms with Gasteiger partial charge in [-0.15, -0.1) is 11.3 Å². The van der Waals surface area contributed by atoms with Crippen LogP contribution < -0.4 is 14.4 Å². The van der Waals surface area contributed by atoms with Gasteiger partial charge in [0, 0.05) is 30.7 Å². The average molecular weight is 375 g/mol. The molecule has 1 aliphatic rings. The lowest BCUT2D eigenvalue weighted by Gasteiger charge is -2.11. The van der Waals surface area contributed by atoms with Crippen LogP contribution in [0, 0.1) is 11.3 Å². The van der Waals surface area contributed by atoms with Crippen LogP contribution in [0.4, 0.5) is 5.69 Å². The first-order chi connectivity index (χ1) is 13.1. The number of aromatic nitrogens is 1. The first-order valence-electron chi connectivity index (χ1n) is 8.39. The number of anilines is 1. The molecule has 0 fully saturated rings. The van der Waals surface area contributed by atoms with E-state index in [2.05, 4.69) is 11.1 Å². The van der Waals surface area contributed by atoms with Crippen molar-refractivity contribution in [2.24, 2.45) is 0 Å². The molecule has 1 aromatic heterocycles. The van der Waals surface area contributed by atoms with Crippen LogP contribution in [-0.2, 0) is 0 Å². The van der Waals surface area contributed by atoms with E-state index >= 15 is 0 Å². The van der Waals surface area contributed by atoms with Gasteiger partial charge >= 0.3 is 0 Å². The largest absolute Gasteiger partial charge is 0.454 e. The number of thiazole rings is 1. The van der Waals surface area contributed by atoms with E-state index in [9.17, 15) is 5.26 Å². The predicted molar refractivity (Wildman–Crippen MR) is 108 cm³/mol. The minimum absolute atomic E-state index is 0.245. The highest BCUT2D eigenvalue weighted by Crippen LogP contribution is 2.36. The van der Waals surface area contributed by atoms with Crippen molar-refractivity contribution in [2.75, 3.05) is 25.8 Å². The summed E-state index contributed by atoms with van der Waals surface area (Å²) >= 11 is 1.46. The Bertz CT molecular complexity index is 1050. The van der Waals surface area contributed by atoms with Crippen molar-refractivity contribution >= 4 is 28.7 Å². The molecule has 2 aromatic carbocycles. The fourth-order valence-electron chi connectivity index (χ4n) is 2.76. The summed E-state index contributed by atoms with van der Waals surface area (Å²) in [4.78, 5) is 6.68. The van der Waals surface area contributed by atoms with Gasteiger partial charge in [-0.3, -0.25) is 0 Å². The Balaban J connectivity index is 1.61. The second-order valence-corrected chi connectivity index (χ2v) is 7.12. The Morgan fingerprint density at radius 1 is 1.15 bits per heavy atom. The molecule has 0 unspecified atom stereocenters. The first kappa shape index (κ1) is 17.1. The van der Waals surface area contributed by atoms with Gasteiger partial charge in [0.05, 0.1) is 11.3 Å². The summed E-state index contributed by atoms with van der Waals surface area (Å²) in [5, 5.41) is 12.2. The fourth-order valence-corrected chi connectivity index (χ4v) is 3.56. The highest BCUT2D eigenvalue weighted by Gasteiger charge is 2.16. The Morgan fingerprint density at radius 2 is 1.93 bits per heavy atom. The summed E-state index contributed by atoms with van der Waals surface area (Å²) in [5.41, 5.74) is 4.39. The van der Waals surface area contributed by atoms with Crippen LogP contribution in [0.1, 0.15) is 10.6 Å². The van der Waals surface area contributed by atoms with E-state index in [1.807, 2.05) is 72.9 Å². The van der Waals surface area contributed by atoms with Gasteiger partial charge in [0.1, 0.15) is 11.1 Å². The van der Waals surface area contributed by atoms with Crippen LogP contribution in [0.2, 0.25) is 0 Å². The highest BCUT2D eigenvalue weighted by molar-refractivity contribution is 7.11. The lowest BCUT2D eigenvalue weighted by atomic mass is 10.1. The summed E-state index contributed by atoms with van der Waals surface area (Å²) in [5.74, 6) is 1.46. The first-order valence-corrected chi connectivity index (χ1v) is 9.27. The number of nitriles is 1. The van der Waals surface area contributed by atoms with Crippen LogP contribution in [0.25, 0.3) is 22.9 Å². The number of hydrogen-bond acceptors (Lipinski definition) is 6. The minimum atomic E-state index is 0.245. The van der Waals surface area contributed by atoms with Crippen LogP contribution in [-0.4, -0.2) is 25.9 Å². The Labute approximate surface area is 161 Å².